The number of aromatic nitrogens is 2. The summed E-state index contributed by atoms with van der Waals surface area (Å²) in [7, 11) is -2.79. The number of carbonyl (C=O) groups is 2. The summed E-state index contributed by atoms with van der Waals surface area (Å²) in [5.74, 6) is -1.83. The van der Waals surface area contributed by atoms with Gasteiger partial charge in [-0.05, 0) is 36.6 Å². The van der Waals surface area contributed by atoms with Crippen LogP contribution in [-0.2, 0) is 30.3 Å². The summed E-state index contributed by atoms with van der Waals surface area (Å²) >= 11 is 0.932. The maximum atomic E-state index is 13.5. The third-order valence-corrected chi connectivity index (χ3v) is 8.69. The molecular formula is C23H23F3N4O5S2. The molecule has 1 saturated carbocycles. The van der Waals surface area contributed by atoms with E-state index in [-0.39, 0.29) is 34.3 Å². The second kappa shape index (κ2) is 10.7. The third-order valence-electron chi connectivity index (χ3n) is 5.55. The van der Waals surface area contributed by atoms with Crippen LogP contribution in [0, 0.1) is 0 Å². The van der Waals surface area contributed by atoms with E-state index in [0.717, 1.165) is 30.4 Å². The Kier molecular flexibility index (Phi) is 7.80. The zero-order chi connectivity index (χ0) is 26.8. The summed E-state index contributed by atoms with van der Waals surface area (Å²) in [4.78, 5) is 32.8. The molecule has 2 heterocycles. The Hall–Kier alpha value is -3.10. The number of fused-ring (bicyclic) bond motifs is 1. The minimum Gasteiger partial charge on any atom is -0.384 e. The minimum atomic E-state index is -4.68. The number of methoxy groups -OCH3 is 1. The number of ether oxygens (including phenoxy) is 1. The lowest BCUT2D eigenvalue weighted by molar-refractivity contribution is -0.140. The zero-order valence-electron chi connectivity index (χ0n) is 19.5. The number of pyridine rings is 1. The number of halogens is 3. The van der Waals surface area contributed by atoms with E-state index in [0.29, 0.717) is 4.70 Å². The number of nitrogens with zero attached hydrogens (tertiary/aromatic N) is 2. The van der Waals surface area contributed by atoms with E-state index in [4.69, 9.17) is 4.74 Å². The molecule has 2 aromatic heterocycles. The second-order valence-corrected chi connectivity index (χ2v) is 11.7. The molecule has 1 atom stereocenters. The van der Waals surface area contributed by atoms with Gasteiger partial charge in [0.15, 0.2) is 20.8 Å². The highest BCUT2D eigenvalue weighted by atomic mass is 32.2. The van der Waals surface area contributed by atoms with Crippen molar-refractivity contribution in [3.8, 4) is 11.1 Å². The lowest BCUT2D eigenvalue weighted by atomic mass is 10.0. The summed E-state index contributed by atoms with van der Waals surface area (Å²) < 4.78 is 71.9. The standard InChI is InChI=1S/C23H23F3N4O5S2/c1-35-9-10-37(33,34)19(21(32)28-12-18(31)29-14-5-6-14)22-30-16-11-13(4-7-17(16)36-22)15-3-2-8-27-20(15)23(24,25)26/h2-4,7-8,11,14,19H,5-6,9-10,12H2,1H3,(H,28,32)(H,29,31). The van der Waals surface area contributed by atoms with E-state index in [1.807, 2.05) is 0 Å². The van der Waals surface area contributed by atoms with Crippen molar-refractivity contribution in [2.45, 2.75) is 30.3 Å². The van der Waals surface area contributed by atoms with Crippen molar-refractivity contribution in [2.24, 2.45) is 0 Å². The number of alkyl halides is 3. The molecule has 0 spiro atoms. The van der Waals surface area contributed by atoms with Gasteiger partial charge in [0.2, 0.25) is 11.8 Å². The number of nitrogens with one attached hydrogen (secondary N) is 2. The van der Waals surface area contributed by atoms with Crippen molar-refractivity contribution in [1.29, 1.82) is 0 Å². The fourth-order valence-corrected chi connectivity index (χ4v) is 6.52. The Balaban J connectivity index is 1.67. The first-order valence-electron chi connectivity index (χ1n) is 11.2. The van der Waals surface area contributed by atoms with Crippen LogP contribution >= 0.6 is 11.3 Å². The van der Waals surface area contributed by atoms with E-state index in [1.165, 1.54) is 37.4 Å². The molecule has 1 unspecified atom stereocenters. The summed E-state index contributed by atoms with van der Waals surface area (Å²) in [6, 6.07) is 7.08. The summed E-state index contributed by atoms with van der Waals surface area (Å²) in [6.07, 6.45) is -1.93. The van der Waals surface area contributed by atoms with E-state index < -0.39 is 51.1 Å². The number of hydrogen-bond donors (Lipinski definition) is 2. The monoisotopic (exact) mass is 556 g/mol. The Morgan fingerprint density at radius 1 is 1.24 bits per heavy atom. The van der Waals surface area contributed by atoms with Crippen LogP contribution in [0.2, 0.25) is 0 Å². The smallest absolute Gasteiger partial charge is 0.384 e. The molecule has 1 fully saturated rings. The fourth-order valence-electron chi connectivity index (χ4n) is 3.60. The SMILES string of the molecule is COCCS(=O)(=O)C(C(=O)NCC(=O)NC1CC1)c1nc2cc(-c3cccnc3C(F)(F)F)ccc2s1. The molecule has 1 aromatic carbocycles. The molecule has 2 amide bonds. The Morgan fingerprint density at radius 2 is 2.00 bits per heavy atom. The van der Waals surface area contributed by atoms with Crippen LogP contribution in [0.5, 0.6) is 0 Å². The molecule has 37 heavy (non-hydrogen) atoms. The molecule has 0 bridgehead atoms. The van der Waals surface area contributed by atoms with Gasteiger partial charge in [-0.2, -0.15) is 13.2 Å². The molecule has 1 aliphatic rings. The second-order valence-electron chi connectivity index (χ2n) is 8.43. The molecule has 198 valence electrons. The number of thiazole rings is 1. The summed E-state index contributed by atoms with van der Waals surface area (Å²) in [5.41, 5.74) is -0.811. The molecular weight excluding hydrogens is 533 g/mol. The molecule has 4 rings (SSSR count). The van der Waals surface area contributed by atoms with Crippen LogP contribution in [-0.4, -0.2) is 62.3 Å². The topological polar surface area (TPSA) is 127 Å². The van der Waals surface area contributed by atoms with Gasteiger partial charge in [0.25, 0.3) is 0 Å². The normalized spacial score (nSPS) is 14.9. The predicted molar refractivity (Wildman–Crippen MR) is 130 cm³/mol. The van der Waals surface area contributed by atoms with Gasteiger partial charge in [-0.25, -0.2) is 13.4 Å². The Labute approximate surface area is 214 Å². The van der Waals surface area contributed by atoms with Crippen LogP contribution < -0.4 is 10.6 Å². The van der Waals surface area contributed by atoms with E-state index in [2.05, 4.69) is 20.6 Å². The molecule has 0 aliphatic heterocycles. The number of rotatable bonds is 10. The molecule has 0 saturated heterocycles. The number of carbonyl (C=O) groups excluding carboxylic acids is 2. The highest BCUT2D eigenvalue weighted by molar-refractivity contribution is 7.92. The van der Waals surface area contributed by atoms with Crippen LogP contribution in [0.3, 0.4) is 0 Å². The van der Waals surface area contributed by atoms with Crippen molar-refractivity contribution in [3.05, 3.63) is 47.2 Å². The number of hydrogen-bond acceptors (Lipinski definition) is 8. The van der Waals surface area contributed by atoms with Gasteiger partial charge < -0.3 is 15.4 Å². The van der Waals surface area contributed by atoms with Crippen molar-refractivity contribution >= 4 is 43.2 Å². The lowest BCUT2D eigenvalue weighted by Crippen LogP contribution is -2.41. The number of amides is 2. The van der Waals surface area contributed by atoms with E-state index >= 15 is 0 Å². The van der Waals surface area contributed by atoms with Crippen LogP contribution in [0.15, 0.2) is 36.5 Å². The highest BCUT2D eigenvalue weighted by Crippen LogP contribution is 2.38. The van der Waals surface area contributed by atoms with E-state index in [9.17, 15) is 31.2 Å². The molecule has 0 radical (unpaired) electrons. The first-order chi connectivity index (χ1) is 17.5. The van der Waals surface area contributed by atoms with Crippen molar-refractivity contribution < 1.29 is 35.9 Å². The van der Waals surface area contributed by atoms with Crippen molar-refractivity contribution in [3.63, 3.8) is 0 Å². The quantitative estimate of drug-likeness (QED) is 0.393. The van der Waals surface area contributed by atoms with Gasteiger partial charge in [0, 0.05) is 24.9 Å². The molecule has 1 aliphatic carbocycles. The maximum Gasteiger partial charge on any atom is 0.433 e. The molecule has 9 nitrogen and oxygen atoms in total. The third kappa shape index (κ3) is 6.43. The molecule has 3 aromatic rings. The van der Waals surface area contributed by atoms with Crippen molar-refractivity contribution in [1.82, 2.24) is 20.6 Å². The first-order valence-corrected chi connectivity index (χ1v) is 13.7. The minimum absolute atomic E-state index is 0.0643. The predicted octanol–water partition coefficient (Wildman–Crippen LogP) is 2.87. The van der Waals surface area contributed by atoms with Crippen LogP contribution in [0.1, 0.15) is 28.8 Å². The average Bonchev–Trinajstić information content (AvgIpc) is 3.56. The highest BCUT2D eigenvalue weighted by Gasteiger charge is 2.38. The van der Waals surface area contributed by atoms with E-state index in [1.54, 1.807) is 0 Å². The van der Waals surface area contributed by atoms with Gasteiger partial charge in [-0.3, -0.25) is 14.6 Å². The maximum absolute atomic E-state index is 13.5. The Morgan fingerprint density at radius 3 is 2.68 bits per heavy atom. The van der Waals surface area contributed by atoms with Gasteiger partial charge in [-0.15, -0.1) is 11.3 Å². The molecule has 2 N–H and O–H groups in total. The number of sulfone groups is 1. The van der Waals surface area contributed by atoms with Crippen molar-refractivity contribution in [2.75, 3.05) is 26.0 Å². The number of benzene rings is 1. The van der Waals surface area contributed by atoms with Gasteiger partial charge in [0.1, 0.15) is 5.01 Å². The Bertz CT molecular complexity index is 1420. The van der Waals surface area contributed by atoms with Gasteiger partial charge in [-0.1, -0.05) is 12.1 Å². The summed E-state index contributed by atoms with van der Waals surface area (Å²) in [5, 5.41) is 3.28. The average molecular weight is 557 g/mol. The molecule has 14 heteroatoms. The zero-order valence-corrected chi connectivity index (χ0v) is 21.2. The fraction of sp³-hybridized carbons (Fsp3) is 0.391. The largest absolute Gasteiger partial charge is 0.433 e. The van der Waals surface area contributed by atoms with Gasteiger partial charge >= 0.3 is 6.18 Å². The van der Waals surface area contributed by atoms with Crippen LogP contribution in [0.25, 0.3) is 21.3 Å². The summed E-state index contributed by atoms with van der Waals surface area (Å²) in [6.45, 7) is -0.563. The first kappa shape index (κ1) is 26.9. The van der Waals surface area contributed by atoms with Crippen LogP contribution in [0.4, 0.5) is 13.2 Å². The van der Waals surface area contributed by atoms with Gasteiger partial charge in [0.05, 0.1) is 29.1 Å². The lowest BCUT2D eigenvalue weighted by Gasteiger charge is -2.15.